The molecule has 0 amide bonds. The van der Waals surface area contributed by atoms with E-state index in [-0.39, 0.29) is 62.2 Å². The molecule has 2 atom stereocenters. The first-order chi connectivity index (χ1) is 31.2. The molecule has 16 nitrogen and oxygen atoms in total. The summed E-state index contributed by atoms with van der Waals surface area (Å²) in [6.45, 7) is 9.53. The van der Waals surface area contributed by atoms with E-state index >= 15 is 0 Å². The molecule has 6 aromatic rings. The number of nitrogens with zero attached hydrogens (tertiary/aromatic N) is 2. The number of halogens is 2. The van der Waals surface area contributed by atoms with Crippen LogP contribution in [0.5, 0.6) is 11.5 Å². The van der Waals surface area contributed by atoms with Gasteiger partial charge in [0.1, 0.15) is 32.5 Å². The molecule has 0 fully saturated rings. The minimum atomic E-state index is -4.56. The Bertz CT molecular complexity index is 3330. The van der Waals surface area contributed by atoms with Crippen LogP contribution in [0.25, 0.3) is 0 Å². The van der Waals surface area contributed by atoms with Crippen LogP contribution in [0.15, 0.2) is 102 Å². The molecule has 6 aromatic carbocycles. The number of benzene rings is 4. The molecule has 0 bridgehead atoms. The van der Waals surface area contributed by atoms with E-state index in [1.54, 1.807) is 24.3 Å². The molecule has 20 heteroatoms. The number of anilines is 6. The summed E-state index contributed by atoms with van der Waals surface area (Å²) >= 11 is 12.6. The van der Waals surface area contributed by atoms with E-state index in [0.717, 1.165) is 32.6 Å². The van der Waals surface area contributed by atoms with E-state index in [1.807, 2.05) is 45.0 Å². The summed E-state index contributed by atoms with van der Waals surface area (Å²) in [5.41, 5.74) is -1.95. The van der Waals surface area contributed by atoms with Crippen molar-refractivity contribution in [1.29, 1.82) is 0 Å². The highest BCUT2D eigenvalue weighted by Crippen LogP contribution is 2.47. The van der Waals surface area contributed by atoms with Crippen LogP contribution in [0.1, 0.15) is 75.4 Å². The normalized spacial score (nSPS) is 15.7. The first-order valence-electron chi connectivity index (χ1n) is 21.0. The number of aromatic hydroxyl groups is 2. The fourth-order valence-corrected chi connectivity index (χ4v) is 11.6. The molecule has 0 radical (unpaired) electrons. The van der Waals surface area contributed by atoms with Crippen LogP contribution in [-0.4, -0.2) is 56.8 Å². The first kappa shape index (κ1) is 49.2. The summed E-state index contributed by atoms with van der Waals surface area (Å²) in [4.78, 5) is 50.8. The molecule has 354 valence electrons. The third kappa shape index (κ3) is 8.93. The largest absolute Gasteiger partial charge is 0.504 e. The van der Waals surface area contributed by atoms with Crippen LogP contribution in [0, 0.1) is 10.8 Å². The number of phenolic OH excluding ortho intramolecular Hbond substituents is 2. The molecular formula is C47H50Cl2N6O10S2. The van der Waals surface area contributed by atoms with Gasteiger partial charge in [0.25, 0.3) is 21.7 Å². The van der Waals surface area contributed by atoms with Crippen molar-refractivity contribution in [1.82, 2.24) is 8.61 Å². The van der Waals surface area contributed by atoms with Crippen molar-refractivity contribution >= 4 is 77.4 Å². The van der Waals surface area contributed by atoms with Crippen LogP contribution in [0.2, 0.25) is 10.0 Å². The Balaban J connectivity index is 1.13. The predicted octanol–water partition coefficient (Wildman–Crippen LogP) is 7.48. The highest BCUT2D eigenvalue weighted by atomic mass is 35.5. The molecule has 1 aliphatic carbocycles. The Morgan fingerprint density at radius 3 is 1.81 bits per heavy atom. The van der Waals surface area contributed by atoms with Crippen molar-refractivity contribution < 1.29 is 27.0 Å². The average Bonchev–Trinajstić information content (AvgIpc) is 3.25. The van der Waals surface area contributed by atoms with Crippen molar-refractivity contribution in [2.45, 2.75) is 75.9 Å². The SMILES string of the molecule is CN(C)S(=O)(=O)c1c(Cl)ccc(Nc2c(NC(c3cccc(CN(C)S(=O)(=O)c4c(Cl)ccc(Nc5c(NC6c7ccccc7CCC6(C)C)c(=O)c5=O)c4O)c3)C(C)(C)C)c(=O)c2=O)c1O. The zero-order chi connectivity index (χ0) is 49.3. The molecule has 0 aliphatic heterocycles. The number of hydrogen-bond acceptors (Lipinski definition) is 14. The summed E-state index contributed by atoms with van der Waals surface area (Å²) in [5, 5.41) is 33.9. The average molecular weight is 994 g/mol. The fraction of sp³-hybridized carbons (Fsp3) is 0.319. The monoisotopic (exact) mass is 992 g/mol. The van der Waals surface area contributed by atoms with E-state index in [0.29, 0.717) is 11.1 Å². The van der Waals surface area contributed by atoms with Gasteiger partial charge in [-0.3, -0.25) is 19.2 Å². The van der Waals surface area contributed by atoms with Gasteiger partial charge in [0.05, 0.1) is 33.5 Å². The van der Waals surface area contributed by atoms with Gasteiger partial charge < -0.3 is 31.5 Å². The van der Waals surface area contributed by atoms with Crippen LogP contribution < -0.4 is 43.0 Å². The summed E-state index contributed by atoms with van der Waals surface area (Å²) < 4.78 is 56.3. The highest BCUT2D eigenvalue weighted by Gasteiger charge is 2.39. The van der Waals surface area contributed by atoms with Crippen molar-refractivity contribution in [3.8, 4) is 11.5 Å². The minimum absolute atomic E-state index is 0.0170. The number of fused-ring (bicyclic) bond motifs is 1. The lowest BCUT2D eigenvalue weighted by molar-refractivity contribution is 0.265. The quantitative estimate of drug-likeness (QED) is 0.0433. The number of rotatable bonds is 15. The second-order valence-electron chi connectivity index (χ2n) is 18.6. The van der Waals surface area contributed by atoms with E-state index in [2.05, 4.69) is 35.1 Å². The van der Waals surface area contributed by atoms with Gasteiger partial charge in [-0.05, 0) is 70.2 Å². The predicted molar refractivity (Wildman–Crippen MR) is 262 cm³/mol. The fourth-order valence-electron chi connectivity index (χ4n) is 8.33. The van der Waals surface area contributed by atoms with E-state index in [1.165, 1.54) is 45.4 Å². The standard InChI is InChI=1S/C47H50Cl2N6O10S2/c1-46(2,3)44(52-34-32(38(58)40(34)60)50-30-18-16-28(48)42(36(30)56)66(62,63)54(6)7)26-14-11-12-24(22-26)23-55(8)67(64,65)43-29(49)17-19-31(37(43)57)51-33-35(41(61)39(33)59)53-45-27-15-10-9-13-25(27)20-21-47(45,4)5/h9-19,22,44-45,50-53,56-57H,20-21,23H2,1-8H3. The van der Waals surface area contributed by atoms with Crippen LogP contribution in [0.3, 0.4) is 0 Å². The molecular weight excluding hydrogens is 944 g/mol. The molecule has 6 N–H and O–H groups in total. The summed E-state index contributed by atoms with van der Waals surface area (Å²) in [6.07, 6.45) is 1.67. The second-order valence-corrected chi connectivity index (χ2v) is 23.5. The van der Waals surface area contributed by atoms with Gasteiger partial charge in [0.2, 0.25) is 20.0 Å². The first-order valence-corrected chi connectivity index (χ1v) is 24.6. The van der Waals surface area contributed by atoms with Gasteiger partial charge in [-0.15, -0.1) is 0 Å². The van der Waals surface area contributed by atoms with E-state index in [4.69, 9.17) is 23.2 Å². The second kappa shape index (κ2) is 17.7. The van der Waals surface area contributed by atoms with E-state index < -0.39 is 74.5 Å². The molecule has 0 heterocycles. The van der Waals surface area contributed by atoms with Gasteiger partial charge >= 0.3 is 0 Å². The summed E-state index contributed by atoms with van der Waals surface area (Å²) in [7, 11) is -4.97. The Morgan fingerprint density at radius 1 is 0.716 bits per heavy atom. The van der Waals surface area contributed by atoms with Crippen molar-refractivity contribution in [3.63, 3.8) is 0 Å². The van der Waals surface area contributed by atoms with Gasteiger partial charge in [-0.25, -0.2) is 21.1 Å². The number of nitrogens with one attached hydrogen (secondary N) is 4. The highest BCUT2D eigenvalue weighted by molar-refractivity contribution is 7.89. The van der Waals surface area contributed by atoms with E-state index in [9.17, 15) is 46.2 Å². The van der Waals surface area contributed by atoms with Gasteiger partial charge in [-0.1, -0.05) is 106 Å². The van der Waals surface area contributed by atoms with Crippen LogP contribution in [0.4, 0.5) is 34.1 Å². The topological polar surface area (TPSA) is 232 Å². The molecule has 0 spiro atoms. The maximum atomic E-state index is 14.3. The Morgan fingerprint density at radius 2 is 1.24 bits per heavy atom. The number of phenols is 2. The third-order valence-electron chi connectivity index (χ3n) is 12.2. The smallest absolute Gasteiger partial charge is 0.253 e. The lowest BCUT2D eigenvalue weighted by Crippen LogP contribution is -2.41. The lowest BCUT2D eigenvalue weighted by atomic mass is 9.70. The van der Waals surface area contributed by atoms with Crippen molar-refractivity contribution in [3.05, 3.63) is 146 Å². The van der Waals surface area contributed by atoms with Crippen LogP contribution >= 0.6 is 23.2 Å². The summed E-state index contributed by atoms with van der Waals surface area (Å²) in [5.74, 6) is -1.53. The van der Waals surface area contributed by atoms with Gasteiger partial charge in [0, 0.05) is 27.7 Å². The van der Waals surface area contributed by atoms with Crippen LogP contribution in [-0.2, 0) is 33.0 Å². The number of aryl methyl sites for hydroxylation is 1. The lowest BCUT2D eigenvalue weighted by Gasteiger charge is -2.41. The number of sulfonamides is 2. The van der Waals surface area contributed by atoms with Gasteiger partial charge in [0.15, 0.2) is 11.5 Å². The van der Waals surface area contributed by atoms with Crippen molar-refractivity contribution in [2.24, 2.45) is 10.8 Å². The maximum absolute atomic E-state index is 14.3. The molecule has 7 rings (SSSR count). The minimum Gasteiger partial charge on any atom is -0.504 e. The molecule has 1 aliphatic rings. The Labute approximate surface area is 397 Å². The maximum Gasteiger partial charge on any atom is 0.253 e. The molecule has 0 saturated carbocycles. The Kier molecular flexibility index (Phi) is 13.0. The number of hydrogen-bond donors (Lipinski definition) is 6. The third-order valence-corrected chi connectivity index (χ3v) is 16.9. The molecule has 2 unspecified atom stereocenters. The Hall–Kier alpha value is -5.76. The van der Waals surface area contributed by atoms with Gasteiger partial charge in [-0.2, -0.15) is 4.31 Å². The molecule has 0 saturated heterocycles. The molecule has 67 heavy (non-hydrogen) atoms. The summed E-state index contributed by atoms with van der Waals surface area (Å²) in [6, 6.07) is 18.7. The zero-order valence-corrected chi connectivity index (χ0v) is 41.0. The molecule has 0 aromatic heterocycles. The zero-order valence-electron chi connectivity index (χ0n) is 37.8. The van der Waals surface area contributed by atoms with Crippen molar-refractivity contribution in [2.75, 3.05) is 42.4 Å².